The molecule has 0 spiro atoms. The molecular weight excluding hydrogens is 238 g/mol. The van der Waals surface area contributed by atoms with Gasteiger partial charge < -0.3 is 5.32 Å². The van der Waals surface area contributed by atoms with E-state index in [2.05, 4.69) is 5.32 Å². The molecule has 1 N–H and O–H groups in total. The van der Waals surface area contributed by atoms with Crippen molar-refractivity contribution in [2.24, 2.45) is 5.92 Å². The third kappa shape index (κ3) is 3.78. The third-order valence-electron chi connectivity index (χ3n) is 3.83. The number of hydrogen-bond donors (Lipinski definition) is 1. The van der Waals surface area contributed by atoms with Gasteiger partial charge in [0.05, 0.1) is 11.8 Å². The standard InChI is InChI=1S/C12H21NO3S/c1-17(15,16)11-4-2-3-9(7-11)12(14)8-13-10-5-6-10/h9-11,13H,2-8H2,1H3. The van der Waals surface area contributed by atoms with E-state index in [-0.39, 0.29) is 17.0 Å². The number of carbonyl (C=O) groups excluding carboxylic acids is 1. The van der Waals surface area contributed by atoms with E-state index in [1.165, 1.54) is 19.1 Å². The predicted molar refractivity (Wildman–Crippen MR) is 66.6 cm³/mol. The van der Waals surface area contributed by atoms with Crippen LogP contribution < -0.4 is 5.32 Å². The Bertz CT molecular complexity index is 387. The number of carbonyl (C=O) groups is 1. The molecule has 98 valence electrons. The molecule has 0 bridgehead atoms. The lowest BCUT2D eigenvalue weighted by atomic mass is 9.86. The summed E-state index contributed by atoms with van der Waals surface area (Å²) in [5.41, 5.74) is 0. The Balaban J connectivity index is 1.85. The average Bonchev–Trinajstić information content (AvgIpc) is 3.09. The van der Waals surface area contributed by atoms with E-state index >= 15 is 0 Å². The van der Waals surface area contributed by atoms with Gasteiger partial charge in [0.25, 0.3) is 0 Å². The highest BCUT2D eigenvalue weighted by atomic mass is 32.2. The highest BCUT2D eigenvalue weighted by molar-refractivity contribution is 7.91. The first-order valence-corrected chi connectivity index (χ1v) is 8.37. The average molecular weight is 259 g/mol. The van der Waals surface area contributed by atoms with Crippen LogP contribution in [0.5, 0.6) is 0 Å². The fraction of sp³-hybridized carbons (Fsp3) is 0.917. The van der Waals surface area contributed by atoms with Crippen LogP contribution in [0.2, 0.25) is 0 Å². The monoisotopic (exact) mass is 259 g/mol. The molecule has 2 saturated carbocycles. The van der Waals surface area contributed by atoms with Gasteiger partial charge in [-0.15, -0.1) is 0 Å². The fourth-order valence-electron chi connectivity index (χ4n) is 2.50. The van der Waals surface area contributed by atoms with Gasteiger partial charge in [-0.25, -0.2) is 8.42 Å². The summed E-state index contributed by atoms with van der Waals surface area (Å²) in [5, 5.41) is 2.91. The second kappa shape index (κ2) is 5.06. The molecule has 0 aromatic heterocycles. The number of hydrogen-bond acceptors (Lipinski definition) is 4. The normalized spacial score (nSPS) is 30.2. The number of sulfone groups is 1. The number of Topliss-reactive ketones (excluding diaryl/α,β-unsaturated/α-hetero) is 1. The maximum Gasteiger partial charge on any atom is 0.150 e. The Morgan fingerprint density at radius 1 is 1.24 bits per heavy atom. The quantitative estimate of drug-likeness (QED) is 0.797. The summed E-state index contributed by atoms with van der Waals surface area (Å²) in [6, 6.07) is 0.535. The van der Waals surface area contributed by atoms with Crippen LogP contribution >= 0.6 is 0 Å². The molecule has 5 heteroatoms. The molecule has 4 nitrogen and oxygen atoms in total. The van der Waals surface area contributed by atoms with Gasteiger partial charge in [0, 0.05) is 18.2 Å². The lowest BCUT2D eigenvalue weighted by Crippen LogP contribution is -2.35. The van der Waals surface area contributed by atoms with Crippen LogP contribution in [0.4, 0.5) is 0 Å². The second-order valence-electron chi connectivity index (χ2n) is 5.44. The minimum absolute atomic E-state index is 0.0466. The zero-order valence-electron chi connectivity index (χ0n) is 10.3. The van der Waals surface area contributed by atoms with Gasteiger partial charge in [0.2, 0.25) is 0 Å². The van der Waals surface area contributed by atoms with Crippen molar-refractivity contribution in [1.82, 2.24) is 5.32 Å². The molecule has 2 aliphatic carbocycles. The van der Waals surface area contributed by atoms with Gasteiger partial charge >= 0.3 is 0 Å². The molecule has 0 radical (unpaired) electrons. The summed E-state index contributed by atoms with van der Waals surface area (Å²) in [7, 11) is -2.98. The molecule has 0 saturated heterocycles. The van der Waals surface area contributed by atoms with Crippen LogP contribution in [0.25, 0.3) is 0 Å². The SMILES string of the molecule is CS(=O)(=O)C1CCCC(C(=O)CNC2CC2)C1. The Kier molecular flexibility index (Phi) is 3.88. The van der Waals surface area contributed by atoms with Crippen LogP contribution in [-0.4, -0.2) is 38.3 Å². The molecule has 0 amide bonds. The zero-order chi connectivity index (χ0) is 12.5. The molecular formula is C12H21NO3S. The van der Waals surface area contributed by atoms with Crippen molar-refractivity contribution >= 4 is 15.6 Å². The van der Waals surface area contributed by atoms with E-state index in [9.17, 15) is 13.2 Å². The van der Waals surface area contributed by atoms with Gasteiger partial charge in [-0.2, -0.15) is 0 Å². The molecule has 2 aliphatic rings. The maximum absolute atomic E-state index is 11.9. The number of nitrogens with one attached hydrogen (secondary N) is 1. The van der Waals surface area contributed by atoms with E-state index in [0.717, 1.165) is 19.3 Å². The van der Waals surface area contributed by atoms with Crippen LogP contribution in [0, 0.1) is 5.92 Å². The van der Waals surface area contributed by atoms with Gasteiger partial charge in [-0.05, 0) is 32.1 Å². The molecule has 2 fully saturated rings. The first kappa shape index (κ1) is 13.0. The van der Waals surface area contributed by atoms with Crippen molar-refractivity contribution < 1.29 is 13.2 Å². The van der Waals surface area contributed by atoms with E-state index < -0.39 is 9.84 Å². The maximum atomic E-state index is 11.9. The minimum Gasteiger partial charge on any atom is -0.307 e. The smallest absolute Gasteiger partial charge is 0.150 e. The first-order chi connectivity index (χ1) is 7.97. The summed E-state index contributed by atoms with van der Waals surface area (Å²) >= 11 is 0. The van der Waals surface area contributed by atoms with Gasteiger partial charge in [0.1, 0.15) is 15.6 Å². The topological polar surface area (TPSA) is 63.2 Å². The zero-order valence-corrected chi connectivity index (χ0v) is 11.1. The number of ketones is 1. The first-order valence-electron chi connectivity index (χ1n) is 6.42. The van der Waals surface area contributed by atoms with Crippen molar-refractivity contribution in [2.45, 2.75) is 49.8 Å². The van der Waals surface area contributed by atoms with E-state index in [1.807, 2.05) is 0 Å². The fourth-order valence-corrected chi connectivity index (χ4v) is 3.68. The Hall–Kier alpha value is -0.420. The van der Waals surface area contributed by atoms with E-state index in [0.29, 0.717) is 19.0 Å². The van der Waals surface area contributed by atoms with Crippen molar-refractivity contribution in [3.05, 3.63) is 0 Å². The van der Waals surface area contributed by atoms with Crippen molar-refractivity contribution in [3.8, 4) is 0 Å². The second-order valence-corrected chi connectivity index (χ2v) is 7.76. The van der Waals surface area contributed by atoms with Gasteiger partial charge in [-0.3, -0.25) is 4.79 Å². The molecule has 0 aliphatic heterocycles. The lowest BCUT2D eigenvalue weighted by molar-refractivity contribution is -0.122. The molecule has 0 aromatic rings. The Labute approximate surface area is 103 Å². The summed E-state index contributed by atoms with van der Waals surface area (Å²) in [6.07, 6.45) is 6.60. The number of rotatable bonds is 5. The van der Waals surface area contributed by atoms with Crippen molar-refractivity contribution in [1.29, 1.82) is 0 Å². The van der Waals surface area contributed by atoms with Crippen LogP contribution in [0.15, 0.2) is 0 Å². The largest absolute Gasteiger partial charge is 0.307 e. The summed E-state index contributed by atoms with van der Waals surface area (Å²) in [4.78, 5) is 11.9. The lowest BCUT2D eigenvalue weighted by Gasteiger charge is -2.27. The molecule has 0 aromatic carbocycles. The molecule has 0 heterocycles. The van der Waals surface area contributed by atoms with E-state index in [1.54, 1.807) is 0 Å². The van der Waals surface area contributed by atoms with Crippen LogP contribution in [0.1, 0.15) is 38.5 Å². The Morgan fingerprint density at radius 3 is 2.53 bits per heavy atom. The van der Waals surface area contributed by atoms with Crippen LogP contribution in [-0.2, 0) is 14.6 Å². The molecule has 17 heavy (non-hydrogen) atoms. The molecule has 2 unspecified atom stereocenters. The van der Waals surface area contributed by atoms with Gasteiger partial charge in [0.15, 0.2) is 0 Å². The minimum atomic E-state index is -2.98. The van der Waals surface area contributed by atoms with E-state index in [4.69, 9.17) is 0 Å². The van der Waals surface area contributed by atoms with Crippen LogP contribution in [0.3, 0.4) is 0 Å². The molecule has 2 atom stereocenters. The summed E-state index contributed by atoms with van der Waals surface area (Å²) < 4.78 is 23.0. The van der Waals surface area contributed by atoms with Crippen molar-refractivity contribution in [2.75, 3.05) is 12.8 Å². The van der Waals surface area contributed by atoms with Crippen molar-refractivity contribution in [3.63, 3.8) is 0 Å². The summed E-state index contributed by atoms with van der Waals surface area (Å²) in [5.74, 6) is 0.153. The highest BCUT2D eigenvalue weighted by Crippen LogP contribution is 2.29. The Morgan fingerprint density at radius 2 is 1.94 bits per heavy atom. The predicted octanol–water partition coefficient (Wildman–Crippen LogP) is 0.911. The highest BCUT2D eigenvalue weighted by Gasteiger charge is 2.32. The third-order valence-corrected chi connectivity index (χ3v) is 5.47. The molecule has 2 rings (SSSR count). The van der Waals surface area contributed by atoms with Gasteiger partial charge in [-0.1, -0.05) is 6.42 Å². The summed E-state index contributed by atoms with van der Waals surface area (Å²) in [6.45, 7) is 0.422.